The van der Waals surface area contributed by atoms with Crippen LogP contribution < -0.4 is 10.1 Å². The van der Waals surface area contributed by atoms with Gasteiger partial charge in [-0.2, -0.15) is 0 Å². The van der Waals surface area contributed by atoms with Gasteiger partial charge >= 0.3 is 0 Å². The summed E-state index contributed by atoms with van der Waals surface area (Å²) in [6.45, 7) is 3.82. The molecule has 1 amide bonds. The number of hydrogen-bond acceptors (Lipinski definition) is 4. The summed E-state index contributed by atoms with van der Waals surface area (Å²) in [5, 5.41) is 2.85. The maximum atomic E-state index is 11.8. The molecule has 1 aromatic rings. The molecule has 2 rings (SSSR count). The number of aromatic nitrogens is 1. The Hall–Kier alpha value is -1.62. The maximum Gasteiger partial charge on any atom is 0.252 e. The molecule has 5 nitrogen and oxygen atoms in total. The Morgan fingerprint density at radius 1 is 1.61 bits per heavy atom. The number of nitrogens with one attached hydrogen (secondary N) is 1. The summed E-state index contributed by atoms with van der Waals surface area (Å²) < 4.78 is 10.7. The van der Waals surface area contributed by atoms with Crippen LogP contribution in [0.3, 0.4) is 0 Å². The number of pyridine rings is 1. The van der Waals surface area contributed by atoms with E-state index in [1.807, 2.05) is 6.92 Å². The Kier molecular flexibility index (Phi) is 4.52. The first kappa shape index (κ1) is 12.8. The molecule has 1 aliphatic rings. The molecule has 18 heavy (non-hydrogen) atoms. The van der Waals surface area contributed by atoms with E-state index in [-0.39, 0.29) is 12.0 Å². The van der Waals surface area contributed by atoms with Crippen LogP contribution in [0.25, 0.3) is 0 Å². The quantitative estimate of drug-likeness (QED) is 0.858. The first-order valence-electron chi connectivity index (χ1n) is 6.28. The molecule has 1 fully saturated rings. The van der Waals surface area contributed by atoms with Crippen LogP contribution in [0.5, 0.6) is 5.88 Å². The van der Waals surface area contributed by atoms with E-state index in [1.165, 1.54) is 6.20 Å². The van der Waals surface area contributed by atoms with E-state index in [0.717, 1.165) is 19.4 Å². The largest absolute Gasteiger partial charge is 0.478 e. The Labute approximate surface area is 107 Å². The first-order chi connectivity index (χ1) is 8.79. The third kappa shape index (κ3) is 3.43. The third-order valence-corrected chi connectivity index (χ3v) is 2.81. The number of ether oxygens (including phenoxy) is 2. The van der Waals surface area contributed by atoms with E-state index in [2.05, 4.69) is 10.3 Å². The van der Waals surface area contributed by atoms with Gasteiger partial charge in [0.05, 0.1) is 18.3 Å². The topological polar surface area (TPSA) is 60.5 Å². The highest BCUT2D eigenvalue weighted by atomic mass is 16.5. The molecule has 1 saturated heterocycles. The second-order valence-electron chi connectivity index (χ2n) is 4.16. The Balaban J connectivity index is 1.83. The lowest BCUT2D eigenvalue weighted by Gasteiger charge is -2.10. The van der Waals surface area contributed by atoms with Crippen molar-refractivity contribution in [3.05, 3.63) is 23.9 Å². The van der Waals surface area contributed by atoms with Crippen LogP contribution in [0.1, 0.15) is 30.1 Å². The van der Waals surface area contributed by atoms with E-state index in [1.54, 1.807) is 12.1 Å². The SMILES string of the molecule is CCOc1ccc(C(=O)NC[C@@H]2CCCO2)cn1. The molecule has 1 aliphatic heterocycles. The normalized spacial score (nSPS) is 18.6. The van der Waals surface area contributed by atoms with Gasteiger partial charge in [-0.25, -0.2) is 4.98 Å². The summed E-state index contributed by atoms with van der Waals surface area (Å²) in [5.74, 6) is 0.411. The van der Waals surface area contributed by atoms with Crippen molar-refractivity contribution in [1.82, 2.24) is 10.3 Å². The molecule has 0 radical (unpaired) electrons. The van der Waals surface area contributed by atoms with Crippen molar-refractivity contribution < 1.29 is 14.3 Å². The highest BCUT2D eigenvalue weighted by molar-refractivity contribution is 5.93. The predicted octanol–water partition coefficient (Wildman–Crippen LogP) is 1.39. The Bertz CT molecular complexity index is 386. The molecule has 0 aliphatic carbocycles. The van der Waals surface area contributed by atoms with E-state index in [9.17, 15) is 4.79 Å². The van der Waals surface area contributed by atoms with E-state index in [0.29, 0.717) is 24.6 Å². The Morgan fingerprint density at radius 2 is 2.50 bits per heavy atom. The highest BCUT2D eigenvalue weighted by Crippen LogP contribution is 2.11. The zero-order chi connectivity index (χ0) is 12.8. The summed E-state index contributed by atoms with van der Waals surface area (Å²) in [6.07, 6.45) is 3.77. The van der Waals surface area contributed by atoms with Gasteiger partial charge in [0.25, 0.3) is 5.91 Å². The number of rotatable bonds is 5. The molecule has 5 heteroatoms. The van der Waals surface area contributed by atoms with Gasteiger partial charge in [0.15, 0.2) is 0 Å². The van der Waals surface area contributed by atoms with Gasteiger partial charge in [-0.1, -0.05) is 0 Å². The van der Waals surface area contributed by atoms with Crippen molar-refractivity contribution >= 4 is 5.91 Å². The van der Waals surface area contributed by atoms with Crippen LogP contribution in [0.15, 0.2) is 18.3 Å². The minimum Gasteiger partial charge on any atom is -0.478 e. The molecule has 0 unspecified atom stereocenters. The third-order valence-electron chi connectivity index (χ3n) is 2.81. The lowest BCUT2D eigenvalue weighted by atomic mass is 10.2. The fourth-order valence-corrected chi connectivity index (χ4v) is 1.86. The monoisotopic (exact) mass is 250 g/mol. The van der Waals surface area contributed by atoms with E-state index < -0.39 is 0 Å². The molecule has 0 saturated carbocycles. The molecular weight excluding hydrogens is 232 g/mol. The van der Waals surface area contributed by atoms with Crippen molar-refractivity contribution in [3.8, 4) is 5.88 Å². The summed E-state index contributed by atoms with van der Waals surface area (Å²) in [4.78, 5) is 15.9. The van der Waals surface area contributed by atoms with Gasteiger partial charge in [-0.3, -0.25) is 4.79 Å². The smallest absolute Gasteiger partial charge is 0.252 e. The number of carbonyl (C=O) groups excluding carboxylic acids is 1. The lowest BCUT2D eigenvalue weighted by Crippen LogP contribution is -2.31. The second-order valence-corrected chi connectivity index (χ2v) is 4.16. The van der Waals surface area contributed by atoms with Crippen LogP contribution in [0.4, 0.5) is 0 Å². The summed E-state index contributed by atoms with van der Waals surface area (Å²) in [6, 6.07) is 3.41. The molecule has 2 heterocycles. The van der Waals surface area contributed by atoms with Gasteiger partial charge in [0, 0.05) is 25.4 Å². The van der Waals surface area contributed by atoms with Crippen molar-refractivity contribution in [1.29, 1.82) is 0 Å². The standard InChI is InChI=1S/C13H18N2O3/c1-2-17-12-6-5-10(8-14-12)13(16)15-9-11-4-3-7-18-11/h5-6,8,11H,2-4,7,9H2,1H3,(H,15,16)/t11-/m0/s1. The highest BCUT2D eigenvalue weighted by Gasteiger charge is 2.16. The summed E-state index contributed by atoms with van der Waals surface area (Å²) >= 11 is 0. The summed E-state index contributed by atoms with van der Waals surface area (Å²) in [5.41, 5.74) is 0.538. The van der Waals surface area contributed by atoms with Crippen LogP contribution in [-0.4, -0.2) is 36.8 Å². The van der Waals surface area contributed by atoms with Gasteiger partial charge in [0.2, 0.25) is 5.88 Å². The molecule has 1 N–H and O–H groups in total. The minimum absolute atomic E-state index is 0.124. The van der Waals surface area contributed by atoms with Gasteiger partial charge in [0.1, 0.15) is 0 Å². The van der Waals surface area contributed by atoms with Crippen molar-refractivity contribution in [2.24, 2.45) is 0 Å². The molecule has 98 valence electrons. The minimum atomic E-state index is -0.124. The molecule has 1 aromatic heterocycles. The molecular formula is C13H18N2O3. The predicted molar refractivity (Wildman–Crippen MR) is 66.7 cm³/mol. The summed E-state index contributed by atoms with van der Waals surface area (Å²) in [7, 11) is 0. The number of hydrogen-bond donors (Lipinski definition) is 1. The van der Waals surface area contributed by atoms with Crippen LogP contribution in [0, 0.1) is 0 Å². The van der Waals surface area contributed by atoms with Crippen LogP contribution in [0.2, 0.25) is 0 Å². The number of amides is 1. The zero-order valence-electron chi connectivity index (χ0n) is 10.5. The van der Waals surface area contributed by atoms with Gasteiger partial charge in [-0.05, 0) is 25.8 Å². The zero-order valence-corrected chi connectivity index (χ0v) is 10.5. The number of carbonyl (C=O) groups is 1. The fraction of sp³-hybridized carbons (Fsp3) is 0.538. The van der Waals surface area contributed by atoms with Crippen molar-refractivity contribution in [2.75, 3.05) is 19.8 Å². The Morgan fingerprint density at radius 3 is 3.11 bits per heavy atom. The van der Waals surface area contributed by atoms with Crippen molar-refractivity contribution in [2.45, 2.75) is 25.9 Å². The molecule has 0 bridgehead atoms. The lowest BCUT2D eigenvalue weighted by molar-refractivity contribution is 0.0857. The van der Waals surface area contributed by atoms with E-state index >= 15 is 0 Å². The van der Waals surface area contributed by atoms with Gasteiger partial charge < -0.3 is 14.8 Å². The van der Waals surface area contributed by atoms with Gasteiger partial charge in [-0.15, -0.1) is 0 Å². The van der Waals surface area contributed by atoms with Crippen LogP contribution in [-0.2, 0) is 4.74 Å². The average Bonchev–Trinajstić information content (AvgIpc) is 2.90. The molecule has 1 atom stereocenters. The average molecular weight is 250 g/mol. The van der Waals surface area contributed by atoms with Crippen molar-refractivity contribution in [3.63, 3.8) is 0 Å². The first-order valence-corrected chi connectivity index (χ1v) is 6.28. The molecule has 0 spiro atoms. The van der Waals surface area contributed by atoms with Crippen LogP contribution >= 0.6 is 0 Å². The van der Waals surface area contributed by atoms with E-state index in [4.69, 9.17) is 9.47 Å². The maximum absolute atomic E-state index is 11.8. The fourth-order valence-electron chi connectivity index (χ4n) is 1.86. The number of nitrogens with zero attached hydrogens (tertiary/aromatic N) is 1. The molecule has 0 aromatic carbocycles. The second kappa shape index (κ2) is 6.35.